The van der Waals surface area contributed by atoms with E-state index >= 15 is 0 Å². The number of carbonyl (C=O) groups excluding carboxylic acids is 1. The number of carbonyl (C=O) groups is 1. The van der Waals surface area contributed by atoms with E-state index in [0.29, 0.717) is 5.47 Å². The zero-order valence-corrected chi connectivity index (χ0v) is 15.5. The van der Waals surface area contributed by atoms with Crippen LogP contribution in [0, 0.1) is 0 Å². The molecule has 1 saturated heterocycles. The van der Waals surface area contributed by atoms with Gasteiger partial charge in [-0.15, -0.1) is 0 Å². The Balaban J connectivity index is 2.44. The molecule has 26 heavy (non-hydrogen) atoms. The highest BCUT2D eigenvalue weighted by atomic mass is 19.4. The Morgan fingerprint density at radius 1 is 1.15 bits per heavy atom. The third kappa shape index (κ3) is 4.48. The van der Waals surface area contributed by atoms with E-state index in [9.17, 15) is 18.0 Å². The van der Waals surface area contributed by atoms with Crippen molar-refractivity contribution in [2.45, 2.75) is 52.0 Å². The summed E-state index contributed by atoms with van der Waals surface area (Å²) in [6.07, 6.45) is -3.11. The lowest BCUT2D eigenvalue weighted by atomic mass is 9.76. The Morgan fingerprint density at radius 2 is 1.69 bits per heavy atom. The van der Waals surface area contributed by atoms with Gasteiger partial charge in [0.05, 0.1) is 16.8 Å². The van der Waals surface area contributed by atoms with Crippen molar-refractivity contribution >= 4 is 19.1 Å². The highest BCUT2D eigenvalue weighted by molar-refractivity contribution is 6.56. The number of hydrogen-bond donors (Lipinski definition) is 1. The van der Waals surface area contributed by atoms with Crippen molar-refractivity contribution in [3.63, 3.8) is 0 Å². The SMILES string of the molecule is CC(=O)NCC(=Cc1ccccc1C(F)(F)F)B1OC(C)(C)C(C)(C)O1. The minimum Gasteiger partial charge on any atom is -0.400 e. The van der Waals surface area contributed by atoms with Crippen LogP contribution in [0.4, 0.5) is 13.2 Å². The van der Waals surface area contributed by atoms with Gasteiger partial charge in [0.1, 0.15) is 0 Å². The minimum atomic E-state index is -4.48. The molecule has 0 bridgehead atoms. The third-order valence-corrected chi connectivity index (χ3v) is 4.70. The van der Waals surface area contributed by atoms with E-state index in [0.717, 1.165) is 6.07 Å². The molecule has 142 valence electrons. The zero-order valence-electron chi connectivity index (χ0n) is 15.5. The zero-order chi connectivity index (χ0) is 19.8. The number of amides is 1. The van der Waals surface area contributed by atoms with Gasteiger partial charge in [-0.1, -0.05) is 24.3 Å². The highest BCUT2D eigenvalue weighted by Crippen LogP contribution is 2.39. The first-order valence-electron chi connectivity index (χ1n) is 8.30. The molecule has 1 N–H and O–H groups in total. The predicted molar refractivity (Wildman–Crippen MR) is 94.2 cm³/mol. The van der Waals surface area contributed by atoms with Crippen LogP contribution in [0.2, 0.25) is 0 Å². The average Bonchev–Trinajstić information content (AvgIpc) is 2.71. The maximum atomic E-state index is 13.3. The Kier molecular flexibility index (Phi) is 5.59. The summed E-state index contributed by atoms with van der Waals surface area (Å²) in [4.78, 5) is 11.3. The lowest BCUT2D eigenvalue weighted by Gasteiger charge is -2.32. The molecule has 1 aliphatic rings. The molecule has 0 aromatic heterocycles. The van der Waals surface area contributed by atoms with Gasteiger partial charge in [-0.05, 0) is 44.8 Å². The molecule has 0 unspecified atom stereocenters. The number of nitrogens with one attached hydrogen (secondary N) is 1. The van der Waals surface area contributed by atoms with Crippen LogP contribution >= 0.6 is 0 Å². The Morgan fingerprint density at radius 3 is 2.19 bits per heavy atom. The molecule has 0 saturated carbocycles. The second kappa shape index (κ2) is 7.08. The summed E-state index contributed by atoms with van der Waals surface area (Å²) in [7, 11) is -0.854. The van der Waals surface area contributed by atoms with E-state index in [1.807, 2.05) is 27.7 Å². The van der Waals surface area contributed by atoms with Gasteiger partial charge in [0.25, 0.3) is 0 Å². The molecule has 1 heterocycles. The van der Waals surface area contributed by atoms with Crippen LogP contribution in [-0.2, 0) is 20.3 Å². The lowest BCUT2D eigenvalue weighted by molar-refractivity contribution is -0.137. The first-order valence-corrected chi connectivity index (χ1v) is 8.30. The Bertz CT molecular complexity index is 698. The van der Waals surface area contributed by atoms with Crippen molar-refractivity contribution in [3.05, 3.63) is 40.9 Å². The summed E-state index contributed by atoms with van der Waals surface area (Å²) >= 11 is 0. The summed E-state index contributed by atoms with van der Waals surface area (Å²) in [5, 5.41) is 2.61. The summed E-state index contributed by atoms with van der Waals surface area (Å²) in [6, 6.07) is 5.26. The van der Waals surface area contributed by atoms with Gasteiger partial charge in [0.15, 0.2) is 0 Å². The normalized spacial score (nSPS) is 19.5. The topological polar surface area (TPSA) is 47.6 Å². The van der Waals surface area contributed by atoms with Crippen LogP contribution in [-0.4, -0.2) is 30.8 Å². The number of hydrogen-bond acceptors (Lipinski definition) is 3. The molecular formula is C18H23BF3NO3. The van der Waals surface area contributed by atoms with Gasteiger partial charge in [-0.2, -0.15) is 13.2 Å². The molecule has 1 fully saturated rings. The quantitative estimate of drug-likeness (QED) is 0.820. The number of rotatable bonds is 4. The standard InChI is InChI=1S/C18H23BF3NO3/c1-12(24)23-11-14(19-25-16(2,3)17(4,5)26-19)10-13-8-6-7-9-15(13)18(20,21)22/h6-10H,11H2,1-5H3,(H,23,24). The highest BCUT2D eigenvalue weighted by Gasteiger charge is 2.52. The fourth-order valence-electron chi connectivity index (χ4n) is 2.50. The van der Waals surface area contributed by atoms with Crippen molar-refractivity contribution in [2.75, 3.05) is 6.54 Å². The summed E-state index contributed by atoms with van der Waals surface area (Å²) in [5.74, 6) is -0.295. The summed E-state index contributed by atoms with van der Waals surface area (Å²) in [5.41, 5.74) is -1.63. The van der Waals surface area contributed by atoms with E-state index in [4.69, 9.17) is 9.31 Å². The van der Waals surface area contributed by atoms with Crippen LogP contribution in [0.5, 0.6) is 0 Å². The van der Waals surface area contributed by atoms with E-state index in [-0.39, 0.29) is 18.0 Å². The van der Waals surface area contributed by atoms with Crippen LogP contribution in [0.15, 0.2) is 29.7 Å². The van der Waals surface area contributed by atoms with Crippen LogP contribution in [0.25, 0.3) is 6.08 Å². The molecule has 0 radical (unpaired) electrons. The molecule has 8 heteroatoms. The molecule has 1 aromatic carbocycles. The molecule has 0 spiro atoms. The van der Waals surface area contributed by atoms with Crippen LogP contribution in [0.3, 0.4) is 0 Å². The fraction of sp³-hybridized carbons (Fsp3) is 0.500. The summed E-state index contributed by atoms with van der Waals surface area (Å²) < 4.78 is 51.7. The molecule has 4 nitrogen and oxygen atoms in total. The lowest BCUT2D eigenvalue weighted by Crippen LogP contribution is -2.41. The molecule has 1 aromatic rings. The van der Waals surface area contributed by atoms with Crippen molar-refractivity contribution in [1.29, 1.82) is 0 Å². The number of halogens is 3. The largest absolute Gasteiger partial charge is 0.492 e. The predicted octanol–water partition coefficient (Wildman–Crippen LogP) is 3.86. The van der Waals surface area contributed by atoms with Crippen molar-refractivity contribution in [2.24, 2.45) is 0 Å². The van der Waals surface area contributed by atoms with E-state index in [1.54, 1.807) is 0 Å². The van der Waals surface area contributed by atoms with E-state index in [1.165, 1.54) is 31.2 Å². The monoisotopic (exact) mass is 369 g/mol. The molecule has 1 amide bonds. The average molecular weight is 369 g/mol. The molecule has 0 atom stereocenters. The van der Waals surface area contributed by atoms with E-state index in [2.05, 4.69) is 5.32 Å². The van der Waals surface area contributed by atoms with Gasteiger partial charge < -0.3 is 14.6 Å². The molecule has 0 aliphatic carbocycles. The molecule has 1 aliphatic heterocycles. The van der Waals surface area contributed by atoms with Gasteiger partial charge >= 0.3 is 13.3 Å². The number of benzene rings is 1. The first-order chi connectivity index (χ1) is 11.8. The van der Waals surface area contributed by atoms with Gasteiger partial charge in [-0.25, -0.2) is 0 Å². The van der Waals surface area contributed by atoms with Gasteiger partial charge in [-0.3, -0.25) is 4.79 Å². The summed E-state index contributed by atoms with van der Waals surface area (Å²) in [6.45, 7) is 8.78. The van der Waals surface area contributed by atoms with Gasteiger partial charge in [0, 0.05) is 13.5 Å². The fourth-order valence-corrected chi connectivity index (χ4v) is 2.50. The Labute approximate surface area is 151 Å². The van der Waals surface area contributed by atoms with Crippen LogP contribution in [0.1, 0.15) is 45.7 Å². The minimum absolute atomic E-state index is 0.00457. The van der Waals surface area contributed by atoms with Crippen LogP contribution < -0.4 is 5.32 Å². The second-order valence-corrected chi connectivity index (χ2v) is 7.30. The Hall–Kier alpha value is -1.80. The third-order valence-electron chi connectivity index (χ3n) is 4.70. The maximum Gasteiger partial charge on any atom is 0.492 e. The molecular weight excluding hydrogens is 346 g/mol. The van der Waals surface area contributed by atoms with Crippen molar-refractivity contribution in [1.82, 2.24) is 5.32 Å². The van der Waals surface area contributed by atoms with Crippen molar-refractivity contribution in [3.8, 4) is 0 Å². The number of alkyl halides is 3. The first kappa shape index (κ1) is 20.5. The van der Waals surface area contributed by atoms with Crippen molar-refractivity contribution < 1.29 is 27.3 Å². The smallest absolute Gasteiger partial charge is 0.400 e. The maximum absolute atomic E-state index is 13.3. The van der Waals surface area contributed by atoms with Gasteiger partial charge in [0.2, 0.25) is 5.91 Å². The molecule has 2 rings (SSSR count). The second-order valence-electron chi connectivity index (χ2n) is 7.30. The van der Waals surface area contributed by atoms with E-state index < -0.39 is 30.1 Å².